The zero-order chi connectivity index (χ0) is 15.9. The van der Waals surface area contributed by atoms with Crippen molar-refractivity contribution in [2.24, 2.45) is 0 Å². The average molecular weight is 341 g/mol. The van der Waals surface area contributed by atoms with Crippen molar-refractivity contribution >= 4 is 22.7 Å². The van der Waals surface area contributed by atoms with Crippen LogP contribution < -0.4 is 0 Å². The highest BCUT2D eigenvalue weighted by atomic mass is 32.1. The first-order valence-electron chi connectivity index (χ1n) is 6.26. The van der Waals surface area contributed by atoms with Crippen molar-refractivity contribution in [3.8, 4) is 22.1 Å². The van der Waals surface area contributed by atoms with Gasteiger partial charge in [-0.2, -0.15) is 24.5 Å². The fourth-order valence-electron chi connectivity index (χ4n) is 1.93. The van der Waals surface area contributed by atoms with Crippen molar-refractivity contribution in [2.75, 3.05) is 0 Å². The smallest absolute Gasteiger partial charge is 0.231 e. The molecule has 3 heterocycles. The molecule has 0 atom stereocenters. The summed E-state index contributed by atoms with van der Waals surface area (Å²) >= 11 is 2.45. The van der Waals surface area contributed by atoms with E-state index in [1.165, 1.54) is 0 Å². The topological polar surface area (TPSA) is 38.7 Å². The normalized spacial score (nSPS) is 11.9. The molecule has 0 aromatic carbocycles. The van der Waals surface area contributed by atoms with Crippen molar-refractivity contribution in [1.82, 2.24) is 15.0 Å². The molecular weight excluding hydrogens is 331 g/mol. The van der Waals surface area contributed by atoms with Crippen LogP contribution in [0.3, 0.4) is 0 Å². The van der Waals surface area contributed by atoms with Crippen LogP contribution in [0.5, 0.6) is 0 Å². The summed E-state index contributed by atoms with van der Waals surface area (Å²) in [5, 5.41) is 5.11. The molecule has 0 unspecified atom stereocenters. The Balaban J connectivity index is 2.07. The van der Waals surface area contributed by atoms with Crippen molar-refractivity contribution in [3.05, 3.63) is 39.2 Å². The lowest BCUT2D eigenvalue weighted by atomic mass is 10.1. The van der Waals surface area contributed by atoms with Gasteiger partial charge in [-0.3, -0.25) is 0 Å². The summed E-state index contributed by atoms with van der Waals surface area (Å²) in [6, 6.07) is 1.82. The average Bonchev–Trinajstić information content (AvgIpc) is 3.05. The van der Waals surface area contributed by atoms with Gasteiger partial charge in [-0.15, -0.1) is 11.3 Å². The Morgan fingerprint density at radius 1 is 1.00 bits per heavy atom. The number of alkyl halides is 3. The van der Waals surface area contributed by atoms with Crippen LogP contribution in [0.2, 0.25) is 0 Å². The van der Waals surface area contributed by atoms with Gasteiger partial charge in [-0.05, 0) is 30.9 Å². The molecule has 0 aliphatic rings. The van der Waals surface area contributed by atoms with Gasteiger partial charge >= 0.3 is 6.18 Å². The van der Waals surface area contributed by atoms with E-state index in [2.05, 4.69) is 15.0 Å². The Morgan fingerprint density at radius 3 is 2.36 bits per heavy atom. The molecule has 0 fully saturated rings. The first kappa shape index (κ1) is 15.1. The largest absolute Gasteiger partial charge is 0.434 e. The van der Waals surface area contributed by atoms with Crippen molar-refractivity contribution < 1.29 is 13.2 Å². The molecule has 0 bridgehead atoms. The minimum Gasteiger partial charge on any atom is -0.231 e. The standard InChI is InChI=1S/C14H10F3N3S2/c1-7-4-21-5-9(7)10-3-8(2)18-12(19-10)13-20-11(6-22-13)14(15,16)17/h3-6H,1-2H3. The highest BCUT2D eigenvalue weighted by molar-refractivity contribution is 7.13. The highest BCUT2D eigenvalue weighted by Crippen LogP contribution is 2.33. The predicted octanol–water partition coefficient (Wildman–Crippen LogP) is 4.96. The molecule has 0 aliphatic carbocycles. The fraction of sp³-hybridized carbons (Fsp3) is 0.214. The van der Waals surface area contributed by atoms with Gasteiger partial charge in [0.25, 0.3) is 0 Å². The maximum atomic E-state index is 12.7. The number of halogens is 3. The van der Waals surface area contributed by atoms with E-state index in [4.69, 9.17) is 0 Å². The summed E-state index contributed by atoms with van der Waals surface area (Å²) in [5.41, 5.74) is 2.51. The van der Waals surface area contributed by atoms with Crippen LogP contribution in [0.15, 0.2) is 22.2 Å². The van der Waals surface area contributed by atoms with E-state index in [-0.39, 0.29) is 10.8 Å². The molecule has 0 aliphatic heterocycles. The monoisotopic (exact) mass is 341 g/mol. The van der Waals surface area contributed by atoms with Crippen LogP contribution in [0.4, 0.5) is 13.2 Å². The van der Waals surface area contributed by atoms with Gasteiger partial charge in [0.15, 0.2) is 16.5 Å². The van der Waals surface area contributed by atoms with E-state index in [0.717, 1.165) is 27.8 Å². The first-order valence-corrected chi connectivity index (χ1v) is 8.09. The van der Waals surface area contributed by atoms with Crippen molar-refractivity contribution in [1.29, 1.82) is 0 Å². The van der Waals surface area contributed by atoms with E-state index < -0.39 is 11.9 Å². The third-order valence-electron chi connectivity index (χ3n) is 2.97. The van der Waals surface area contributed by atoms with E-state index in [0.29, 0.717) is 11.4 Å². The van der Waals surface area contributed by atoms with Gasteiger partial charge in [0.1, 0.15) is 0 Å². The molecule has 8 heteroatoms. The molecule has 3 nitrogen and oxygen atoms in total. The zero-order valence-corrected chi connectivity index (χ0v) is 13.2. The minimum absolute atomic E-state index is 0.171. The number of hydrogen-bond donors (Lipinski definition) is 0. The third-order valence-corrected chi connectivity index (χ3v) is 4.67. The van der Waals surface area contributed by atoms with Crippen LogP contribution in [-0.4, -0.2) is 15.0 Å². The molecule has 0 N–H and O–H groups in total. The lowest BCUT2D eigenvalue weighted by molar-refractivity contribution is -0.140. The van der Waals surface area contributed by atoms with E-state index in [1.807, 2.05) is 23.8 Å². The number of thiophene rings is 1. The van der Waals surface area contributed by atoms with Crippen molar-refractivity contribution in [3.63, 3.8) is 0 Å². The number of hydrogen-bond acceptors (Lipinski definition) is 5. The molecule has 114 valence electrons. The van der Waals surface area contributed by atoms with Gasteiger partial charge in [-0.25, -0.2) is 15.0 Å². The Kier molecular flexibility index (Phi) is 3.73. The lowest BCUT2D eigenvalue weighted by Crippen LogP contribution is -2.05. The molecule has 3 aromatic rings. The summed E-state index contributed by atoms with van der Waals surface area (Å²) in [6.45, 7) is 3.75. The first-order chi connectivity index (χ1) is 10.3. The van der Waals surface area contributed by atoms with Gasteiger partial charge in [0.05, 0.1) is 5.69 Å². The molecule has 3 rings (SSSR count). The number of nitrogens with zero attached hydrogens (tertiary/aromatic N) is 3. The highest BCUT2D eigenvalue weighted by Gasteiger charge is 2.34. The summed E-state index contributed by atoms with van der Waals surface area (Å²) in [4.78, 5) is 12.2. The van der Waals surface area contributed by atoms with E-state index in [1.54, 1.807) is 18.3 Å². The van der Waals surface area contributed by atoms with Crippen LogP contribution in [0.25, 0.3) is 22.1 Å². The van der Waals surface area contributed by atoms with Gasteiger partial charge < -0.3 is 0 Å². The second-order valence-electron chi connectivity index (χ2n) is 4.72. The Bertz CT molecular complexity index is 821. The number of aryl methyl sites for hydroxylation is 2. The van der Waals surface area contributed by atoms with E-state index >= 15 is 0 Å². The summed E-state index contributed by atoms with van der Waals surface area (Å²) in [6.07, 6.45) is -4.45. The second kappa shape index (κ2) is 5.44. The Hall–Kier alpha value is -1.80. The zero-order valence-electron chi connectivity index (χ0n) is 11.6. The van der Waals surface area contributed by atoms with E-state index in [9.17, 15) is 13.2 Å². The van der Waals surface area contributed by atoms with Gasteiger partial charge in [-0.1, -0.05) is 0 Å². The molecule has 22 heavy (non-hydrogen) atoms. The third kappa shape index (κ3) is 2.89. The quantitative estimate of drug-likeness (QED) is 0.661. The number of aromatic nitrogens is 3. The maximum Gasteiger partial charge on any atom is 0.434 e. The molecule has 0 radical (unpaired) electrons. The number of rotatable bonds is 2. The van der Waals surface area contributed by atoms with Crippen molar-refractivity contribution in [2.45, 2.75) is 20.0 Å². The summed E-state index contributed by atoms with van der Waals surface area (Å²) < 4.78 is 38.0. The molecule has 3 aromatic heterocycles. The Labute approximate surface area is 132 Å². The fourth-order valence-corrected chi connectivity index (χ4v) is 3.53. The van der Waals surface area contributed by atoms with Crippen LogP contribution in [0, 0.1) is 13.8 Å². The van der Waals surface area contributed by atoms with Gasteiger partial charge in [0.2, 0.25) is 0 Å². The molecule has 0 saturated carbocycles. The maximum absolute atomic E-state index is 12.7. The lowest BCUT2D eigenvalue weighted by Gasteiger charge is -2.04. The predicted molar refractivity (Wildman–Crippen MR) is 80.9 cm³/mol. The van der Waals surface area contributed by atoms with Crippen LogP contribution in [0.1, 0.15) is 17.0 Å². The summed E-state index contributed by atoms with van der Waals surface area (Å²) in [7, 11) is 0. The second-order valence-corrected chi connectivity index (χ2v) is 6.32. The molecular formula is C14H10F3N3S2. The minimum atomic E-state index is -4.45. The summed E-state index contributed by atoms with van der Waals surface area (Å²) in [5.74, 6) is 0.223. The Morgan fingerprint density at radius 2 is 1.77 bits per heavy atom. The number of thiazole rings is 1. The van der Waals surface area contributed by atoms with Crippen LogP contribution >= 0.6 is 22.7 Å². The molecule has 0 saturated heterocycles. The van der Waals surface area contributed by atoms with Gasteiger partial charge in [0, 0.05) is 22.0 Å². The van der Waals surface area contributed by atoms with Crippen LogP contribution in [-0.2, 0) is 6.18 Å². The molecule has 0 spiro atoms. The molecule has 0 amide bonds. The SMILES string of the molecule is Cc1cc(-c2cscc2C)nc(-c2nc(C(F)(F)F)cs2)n1.